The standard InChI is InChI=1S/C11H20N4O9P2/c12-13-11(16)9-3-1-2-4-10(9)14-15(5-7-23-25(17,18)19)6-8-24-26(20,21)22/h1-4,14H,5-8,12H2,(H,13,16)(H2,17,18,19)(H2,20,21,22). The normalized spacial score (nSPS) is 12.2. The van der Waals surface area contributed by atoms with E-state index in [2.05, 4.69) is 14.5 Å². The highest BCUT2D eigenvalue weighted by molar-refractivity contribution is 7.46. The lowest BCUT2D eigenvalue weighted by Crippen LogP contribution is -2.37. The Hall–Kier alpha value is -1.37. The number of carbonyl (C=O) groups excluding carboxylic acids is 1. The molecule has 26 heavy (non-hydrogen) atoms. The molecule has 0 radical (unpaired) electrons. The summed E-state index contributed by atoms with van der Waals surface area (Å²) in [7, 11) is -9.36. The van der Waals surface area contributed by atoms with Gasteiger partial charge in [0.1, 0.15) is 0 Å². The molecular formula is C11H20N4O9P2. The monoisotopic (exact) mass is 414 g/mol. The van der Waals surface area contributed by atoms with E-state index in [-0.39, 0.29) is 18.7 Å². The summed E-state index contributed by atoms with van der Waals surface area (Å²) in [6.45, 7) is -1.01. The van der Waals surface area contributed by atoms with Gasteiger partial charge in [0.05, 0.1) is 24.5 Å². The number of amides is 1. The minimum Gasteiger partial charge on any atom is -0.318 e. The van der Waals surface area contributed by atoms with Gasteiger partial charge >= 0.3 is 15.6 Å². The summed E-state index contributed by atoms with van der Waals surface area (Å²) in [5.41, 5.74) is 5.22. The summed E-state index contributed by atoms with van der Waals surface area (Å²) in [6.07, 6.45) is 0. The third-order valence-electron chi connectivity index (χ3n) is 2.82. The van der Waals surface area contributed by atoms with Gasteiger partial charge in [0, 0.05) is 13.1 Å². The van der Waals surface area contributed by atoms with Crippen molar-refractivity contribution in [2.45, 2.75) is 0 Å². The number of benzene rings is 1. The summed E-state index contributed by atoms with van der Waals surface area (Å²) < 4.78 is 30.1. The van der Waals surface area contributed by atoms with Gasteiger partial charge in [-0.05, 0) is 12.1 Å². The second-order valence-corrected chi connectivity index (χ2v) is 7.24. The average molecular weight is 414 g/mol. The second-order valence-electron chi connectivity index (χ2n) is 4.77. The van der Waals surface area contributed by atoms with Crippen molar-refractivity contribution in [3.05, 3.63) is 29.8 Å². The van der Waals surface area contributed by atoms with E-state index >= 15 is 0 Å². The Morgan fingerprint density at radius 3 is 2.00 bits per heavy atom. The number of phosphoric ester groups is 2. The SMILES string of the molecule is NNC(=O)c1ccccc1NN(CCOP(=O)(O)O)CCOP(=O)(O)O. The minimum absolute atomic E-state index is 0.103. The summed E-state index contributed by atoms with van der Waals surface area (Å²) in [5.74, 6) is 4.51. The molecule has 0 aliphatic carbocycles. The zero-order valence-corrected chi connectivity index (χ0v) is 15.2. The summed E-state index contributed by atoms with van der Waals surface area (Å²) in [6, 6.07) is 6.21. The van der Waals surface area contributed by atoms with Crippen molar-refractivity contribution in [3.63, 3.8) is 0 Å². The van der Waals surface area contributed by atoms with Crippen molar-refractivity contribution >= 4 is 27.2 Å². The fraction of sp³-hybridized carbons (Fsp3) is 0.364. The fourth-order valence-electron chi connectivity index (χ4n) is 1.79. The smallest absolute Gasteiger partial charge is 0.318 e. The molecule has 15 heteroatoms. The van der Waals surface area contributed by atoms with Crippen LogP contribution < -0.4 is 16.7 Å². The van der Waals surface area contributed by atoms with Crippen molar-refractivity contribution < 1.29 is 42.5 Å². The van der Waals surface area contributed by atoms with Gasteiger partial charge in [-0.2, -0.15) is 0 Å². The molecular weight excluding hydrogens is 394 g/mol. The van der Waals surface area contributed by atoms with Crippen LogP contribution in [0, 0.1) is 0 Å². The average Bonchev–Trinajstić information content (AvgIpc) is 2.52. The molecule has 0 aromatic heterocycles. The number of carbonyl (C=O) groups is 1. The first kappa shape index (κ1) is 22.7. The minimum atomic E-state index is -4.68. The van der Waals surface area contributed by atoms with Gasteiger partial charge in [0.15, 0.2) is 0 Å². The lowest BCUT2D eigenvalue weighted by molar-refractivity contribution is 0.0954. The Labute approximate surface area is 148 Å². The molecule has 0 aliphatic rings. The highest BCUT2D eigenvalue weighted by Gasteiger charge is 2.18. The van der Waals surface area contributed by atoms with Crippen LogP contribution >= 0.6 is 15.6 Å². The molecule has 0 unspecified atom stereocenters. The predicted octanol–water partition coefficient (Wildman–Crippen LogP) is -0.862. The third-order valence-corrected chi connectivity index (χ3v) is 3.86. The number of nitrogens with one attached hydrogen (secondary N) is 2. The Kier molecular flexibility index (Phi) is 8.80. The van der Waals surface area contributed by atoms with Crippen LogP contribution in [0.25, 0.3) is 0 Å². The van der Waals surface area contributed by atoms with E-state index in [4.69, 9.17) is 25.4 Å². The Morgan fingerprint density at radius 2 is 1.54 bits per heavy atom. The third kappa shape index (κ3) is 9.36. The van der Waals surface area contributed by atoms with E-state index in [1.807, 2.05) is 5.43 Å². The molecule has 8 N–H and O–H groups in total. The summed E-state index contributed by atoms with van der Waals surface area (Å²) in [4.78, 5) is 46.6. The van der Waals surface area contributed by atoms with Crippen LogP contribution in [0.2, 0.25) is 0 Å². The molecule has 1 amide bonds. The van der Waals surface area contributed by atoms with E-state index in [1.165, 1.54) is 17.1 Å². The molecule has 148 valence electrons. The number of nitrogens with two attached hydrogens (primary N) is 1. The van der Waals surface area contributed by atoms with Crippen molar-refractivity contribution in [2.75, 3.05) is 31.7 Å². The van der Waals surface area contributed by atoms with Crippen LogP contribution in [-0.2, 0) is 18.2 Å². The molecule has 0 saturated heterocycles. The highest BCUT2D eigenvalue weighted by atomic mass is 31.2. The van der Waals surface area contributed by atoms with E-state index in [9.17, 15) is 13.9 Å². The van der Waals surface area contributed by atoms with Crippen LogP contribution in [0.1, 0.15) is 10.4 Å². The van der Waals surface area contributed by atoms with Crippen LogP contribution in [-0.4, -0.2) is 56.8 Å². The number of nitrogen functional groups attached to an aromatic ring is 1. The number of phosphoric acid groups is 2. The topological polar surface area (TPSA) is 204 Å². The van der Waals surface area contributed by atoms with E-state index < -0.39 is 34.8 Å². The maximum atomic E-state index is 11.8. The van der Waals surface area contributed by atoms with E-state index in [0.29, 0.717) is 5.69 Å². The number of rotatable bonds is 11. The quantitative estimate of drug-likeness (QED) is 0.102. The van der Waals surface area contributed by atoms with Crippen molar-refractivity contribution in [1.82, 2.24) is 10.4 Å². The first-order valence-corrected chi connectivity index (χ1v) is 10.1. The number of para-hydroxylation sites is 1. The molecule has 1 aromatic rings. The number of hydrazine groups is 2. The van der Waals surface area contributed by atoms with Crippen LogP contribution in [0.5, 0.6) is 0 Å². The highest BCUT2D eigenvalue weighted by Crippen LogP contribution is 2.36. The zero-order valence-electron chi connectivity index (χ0n) is 13.4. The molecule has 0 aliphatic heterocycles. The lowest BCUT2D eigenvalue weighted by Gasteiger charge is -2.25. The van der Waals surface area contributed by atoms with Crippen LogP contribution in [0.4, 0.5) is 5.69 Å². The molecule has 0 atom stereocenters. The van der Waals surface area contributed by atoms with Crippen molar-refractivity contribution in [2.24, 2.45) is 5.84 Å². The molecule has 0 heterocycles. The molecule has 1 rings (SSSR count). The maximum absolute atomic E-state index is 11.8. The first-order chi connectivity index (χ1) is 12.0. The first-order valence-electron chi connectivity index (χ1n) is 7.03. The molecule has 0 saturated carbocycles. The van der Waals surface area contributed by atoms with Gasteiger partial charge in [-0.25, -0.2) is 20.0 Å². The molecule has 0 bridgehead atoms. The van der Waals surface area contributed by atoms with Gasteiger partial charge in [0.25, 0.3) is 5.91 Å². The number of nitrogens with zero attached hydrogens (tertiary/aromatic N) is 1. The lowest BCUT2D eigenvalue weighted by atomic mass is 10.2. The van der Waals surface area contributed by atoms with Crippen molar-refractivity contribution in [3.8, 4) is 0 Å². The Balaban J connectivity index is 2.82. The van der Waals surface area contributed by atoms with Crippen molar-refractivity contribution in [1.29, 1.82) is 0 Å². The largest absolute Gasteiger partial charge is 0.469 e. The summed E-state index contributed by atoms with van der Waals surface area (Å²) >= 11 is 0. The van der Waals surface area contributed by atoms with Gasteiger partial charge in [-0.1, -0.05) is 12.1 Å². The van der Waals surface area contributed by atoms with E-state index in [0.717, 1.165) is 0 Å². The van der Waals surface area contributed by atoms with Gasteiger partial charge in [0.2, 0.25) is 0 Å². The second kappa shape index (κ2) is 10.1. The van der Waals surface area contributed by atoms with Gasteiger partial charge in [-0.3, -0.25) is 19.3 Å². The molecule has 0 spiro atoms. The molecule has 13 nitrogen and oxygen atoms in total. The molecule has 0 fully saturated rings. The van der Waals surface area contributed by atoms with Gasteiger partial charge < -0.3 is 25.0 Å². The van der Waals surface area contributed by atoms with Crippen LogP contribution in [0.3, 0.4) is 0 Å². The van der Waals surface area contributed by atoms with Crippen LogP contribution in [0.15, 0.2) is 24.3 Å². The number of anilines is 1. The number of hydrogen-bond acceptors (Lipinski definition) is 8. The predicted molar refractivity (Wildman–Crippen MR) is 89.3 cm³/mol. The van der Waals surface area contributed by atoms with E-state index in [1.54, 1.807) is 12.1 Å². The Bertz CT molecular complexity index is 664. The van der Waals surface area contributed by atoms with Gasteiger partial charge in [-0.15, -0.1) is 0 Å². The zero-order chi connectivity index (χ0) is 19.8. The molecule has 1 aromatic carbocycles. The summed E-state index contributed by atoms with van der Waals surface area (Å²) in [5, 5.41) is 1.30. The maximum Gasteiger partial charge on any atom is 0.469 e. The Morgan fingerprint density at radius 1 is 1.04 bits per heavy atom. The number of hydrogen-bond donors (Lipinski definition) is 7. The fourth-order valence-corrected chi connectivity index (χ4v) is 2.43.